The molecule has 1 nitrogen and oxygen atoms in total. The summed E-state index contributed by atoms with van der Waals surface area (Å²) in [6, 6.07) is 6.34. The zero-order valence-corrected chi connectivity index (χ0v) is 7.54. The van der Waals surface area contributed by atoms with Gasteiger partial charge in [-0.15, -0.1) is 0 Å². The maximum absolute atomic E-state index is 3.66. The topological polar surface area (TPSA) is 12.4 Å². The first kappa shape index (κ1) is 8.72. The van der Waals surface area contributed by atoms with Crippen molar-refractivity contribution in [3.05, 3.63) is 41.1 Å². The standard InChI is InChI=1S/C11H13N/c1-9-4-5-11(6-7-12-3)10(2)8-9/h4-8H,3H2,1-2H3/b7-6-. The van der Waals surface area contributed by atoms with Crippen molar-refractivity contribution in [1.29, 1.82) is 0 Å². The number of nitrogens with zero attached hydrogens (tertiary/aromatic N) is 1. The van der Waals surface area contributed by atoms with Crippen molar-refractivity contribution < 1.29 is 0 Å². The van der Waals surface area contributed by atoms with E-state index in [4.69, 9.17) is 0 Å². The molecule has 1 aromatic rings. The zero-order valence-electron chi connectivity index (χ0n) is 7.54. The first-order valence-electron chi connectivity index (χ1n) is 3.93. The van der Waals surface area contributed by atoms with E-state index in [1.165, 1.54) is 16.7 Å². The molecule has 0 aromatic heterocycles. The highest BCUT2D eigenvalue weighted by molar-refractivity contribution is 5.54. The molecule has 0 heterocycles. The number of hydrogen-bond donors (Lipinski definition) is 0. The second-order valence-electron chi connectivity index (χ2n) is 2.86. The summed E-state index contributed by atoms with van der Waals surface area (Å²) in [6.45, 7) is 7.57. The van der Waals surface area contributed by atoms with Crippen molar-refractivity contribution in [3.8, 4) is 0 Å². The summed E-state index contributed by atoms with van der Waals surface area (Å²) in [5.74, 6) is 0. The van der Waals surface area contributed by atoms with Crippen LogP contribution < -0.4 is 0 Å². The minimum atomic E-state index is 1.20. The highest BCUT2D eigenvalue weighted by Crippen LogP contribution is 2.11. The second-order valence-corrected chi connectivity index (χ2v) is 2.86. The first-order chi connectivity index (χ1) is 5.74. The number of benzene rings is 1. The fourth-order valence-electron chi connectivity index (χ4n) is 1.15. The molecule has 0 saturated heterocycles. The summed E-state index contributed by atoms with van der Waals surface area (Å²) in [5, 5.41) is 0. The highest BCUT2D eigenvalue weighted by Gasteiger charge is 1.92. The molecule has 0 bridgehead atoms. The molecule has 0 saturated carbocycles. The van der Waals surface area contributed by atoms with E-state index in [2.05, 4.69) is 43.8 Å². The summed E-state index contributed by atoms with van der Waals surface area (Å²) >= 11 is 0. The molecule has 1 aromatic carbocycles. The molecule has 0 aliphatic heterocycles. The van der Waals surface area contributed by atoms with Gasteiger partial charge in [-0.2, -0.15) is 0 Å². The Morgan fingerprint density at radius 2 is 2.08 bits per heavy atom. The zero-order chi connectivity index (χ0) is 8.97. The van der Waals surface area contributed by atoms with E-state index in [9.17, 15) is 0 Å². The third kappa shape index (κ3) is 2.06. The van der Waals surface area contributed by atoms with Crippen LogP contribution in [0.25, 0.3) is 6.08 Å². The van der Waals surface area contributed by atoms with Gasteiger partial charge in [-0.3, -0.25) is 4.99 Å². The predicted octanol–water partition coefficient (Wildman–Crippen LogP) is 2.97. The Kier molecular flexibility index (Phi) is 2.81. The quantitative estimate of drug-likeness (QED) is 0.588. The van der Waals surface area contributed by atoms with Gasteiger partial charge in [0.05, 0.1) is 0 Å². The van der Waals surface area contributed by atoms with Gasteiger partial charge in [0.25, 0.3) is 0 Å². The third-order valence-electron chi connectivity index (χ3n) is 1.78. The van der Waals surface area contributed by atoms with E-state index in [1.807, 2.05) is 6.08 Å². The van der Waals surface area contributed by atoms with Crippen molar-refractivity contribution in [3.63, 3.8) is 0 Å². The van der Waals surface area contributed by atoms with Crippen LogP contribution in [-0.4, -0.2) is 6.72 Å². The lowest BCUT2D eigenvalue weighted by Crippen LogP contribution is -1.81. The van der Waals surface area contributed by atoms with Crippen LogP contribution in [0.1, 0.15) is 16.7 Å². The summed E-state index contributed by atoms with van der Waals surface area (Å²) < 4.78 is 0. The Labute approximate surface area is 73.5 Å². The first-order valence-corrected chi connectivity index (χ1v) is 3.93. The average molecular weight is 159 g/mol. The number of aliphatic imine (C=N–C) groups is 1. The molecule has 0 amide bonds. The van der Waals surface area contributed by atoms with Crippen molar-refractivity contribution in [2.24, 2.45) is 4.99 Å². The van der Waals surface area contributed by atoms with Gasteiger partial charge >= 0.3 is 0 Å². The minimum Gasteiger partial charge on any atom is -0.272 e. The van der Waals surface area contributed by atoms with Crippen molar-refractivity contribution >= 4 is 12.8 Å². The number of aryl methyl sites for hydroxylation is 2. The molecule has 0 aliphatic rings. The molecule has 1 heteroatoms. The Hall–Kier alpha value is -1.37. The fourth-order valence-corrected chi connectivity index (χ4v) is 1.15. The van der Waals surface area contributed by atoms with Crippen LogP contribution in [0.5, 0.6) is 0 Å². The van der Waals surface area contributed by atoms with Crippen LogP contribution in [0.3, 0.4) is 0 Å². The smallest absolute Gasteiger partial charge is 0.0266 e. The Balaban J connectivity index is 3.01. The Morgan fingerprint density at radius 1 is 1.33 bits per heavy atom. The van der Waals surface area contributed by atoms with Crippen LogP contribution in [0.15, 0.2) is 29.4 Å². The Bertz CT molecular complexity index is 311. The fraction of sp³-hybridized carbons (Fsp3) is 0.182. The lowest BCUT2D eigenvalue weighted by Gasteiger charge is -2.00. The van der Waals surface area contributed by atoms with Crippen molar-refractivity contribution in [1.82, 2.24) is 0 Å². The lowest BCUT2D eigenvalue weighted by molar-refractivity contribution is 1.37. The van der Waals surface area contributed by atoms with E-state index in [1.54, 1.807) is 6.20 Å². The van der Waals surface area contributed by atoms with Gasteiger partial charge in [-0.05, 0) is 37.8 Å². The minimum absolute atomic E-state index is 1.20. The second kappa shape index (κ2) is 3.86. The maximum atomic E-state index is 3.66. The van der Waals surface area contributed by atoms with Gasteiger partial charge in [-0.25, -0.2) is 0 Å². The molecular formula is C11H13N. The van der Waals surface area contributed by atoms with Gasteiger partial charge in [0, 0.05) is 6.20 Å². The molecule has 62 valence electrons. The Morgan fingerprint density at radius 3 is 2.67 bits per heavy atom. The van der Waals surface area contributed by atoms with Crippen LogP contribution in [0.2, 0.25) is 0 Å². The third-order valence-corrected chi connectivity index (χ3v) is 1.78. The highest BCUT2D eigenvalue weighted by atomic mass is 14.6. The largest absolute Gasteiger partial charge is 0.272 e. The van der Waals surface area contributed by atoms with Gasteiger partial charge in [0.2, 0.25) is 0 Å². The van der Waals surface area contributed by atoms with Crippen LogP contribution in [-0.2, 0) is 0 Å². The van der Waals surface area contributed by atoms with Gasteiger partial charge in [-0.1, -0.05) is 23.8 Å². The molecule has 0 unspecified atom stereocenters. The van der Waals surface area contributed by atoms with Crippen LogP contribution >= 0.6 is 0 Å². The van der Waals surface area contributed by atoms with Crippen LogP contribution in [0.4, 0.5) is 0 Å². The molecule has 0 radical (unpaired) electrons. The summed E-state index contributed by atoms with van der Waals surface area (Å²) in [5.41, 5.74) is 3.76. The lowest BCUT2D eigenvalue weighted by atomic mass is 10.1. The summed E-state index contributed by atoms with van der Waals surface area (Å²) in [7, 11) is 0. The molecule has 0 spiro atoms. The van der Waals surface area contributed by atoms with Gasteiger partial charge in [0.15, 0.2) is 0 Å². The molecule has 0 fully saturated rings. The summed E-state index contributed by atoms with van der Waals surface area (Å²) in [6.07, 6.45) is 3.67. The van der Waals surface area contributed by atoms with E-state index in [0.29, 0.717) is 0 Å². The van der Waals surface area contributed by atoms with Crippen molar-refractivity contribution in [2.45, 2.75) is 13.8 Å². The van der Waals surface area contributed by atoms with E-state index < -0.39 is 0 Å². The van der Waals surface area contributed by atoms with Crippen LogP contribution in [0, 0.1) is 13.8 Å². The van der Waals surface area contributed by atoms with Gasteiger partial charge in [0.1, 0.15) is 0 Å². The number of hydrogen-bond acceptors (Lipinski definition) is 1. The predicted molar refractivity (Wildman–Crippen MR) is 54.5 cm³/mol. The molecule has 0 atom stereocenters. The molecule has 0 N–H and O–H groups in total. The maximum Gasteiger partial charge on any atom is 0.0266 e. The van der Waals surface area contributed by atoms with E-state index in [0.717, 1.165) is 0 Å². The average Bonchev–Trinajstić information content (AvgIpc) is 2.03. The SMILES string of the molecule is C=N/C=C\c1ccc(C)cc1C. The molecule has 12 heavy (non-hydrogen) atoms. The normalized spacial score (nSPS) is 10.5. The van der Waals surface area contributed by atoms with Gasteiger partial charge < -0.3 is 0 Å². The monoisotopic (exact) mass is 159 g/mol. The molecule has 0 aliphatic carbocycles. The molecular weight excluding hydrogens is 146 g/mol. The van der Waals surface area contributed by atoms with E-state index >= 15 is 0 Å². The van der Waals surface area contributed by atoms with E-state index in [-0.39, 0.29) is 0 Å². The summed E-state index contributed by atoms with van der Waals surface area (Å²) in [4.78, 5) is 3.66. The molecule has 1 rings (SSSR count). The van der Waals surface area contributed by atoms with Crippen molar-refractivity contribution in [2.75, 3.05) is 0 Å². The number of rotatable bonds is 2.